The van der Waals surface area contributed by atoms with E-state index in [1.54, 1.807) is 31.4 Å². The van der Waals surface area contributed by atoms with E-state index in [2.05, 4.69) is 52.9 Å². The van der Waals surface area contributed by atoms with Crippen LogP contribution in [0.4, 0.5) is 0 Å². The van der Waals surface area contributed by atoms with E-state index in [-0.39, 0.29) is 22.3 Å². The number of methoxy groups -OCH3 is 1. The predicted molar refractivity (Wildman–Crippen MR) is 150 cm³/mol. The number of rotatable bonds is 10. The zero-order valence-corrected chi connectivity index (χ0v) is 23.1. The largest absolute Gasteiger partial charge is 0.493 e. The van der Waals surface area contributed by atoms with Crippen molar-refractivity contribution in [3.63, 3.8) is 0 Å². The summed E-state index contributed by atoms with van der Waals surface area (Å²) in [6.45, 7) is 4.95. The summed E-state index contributed by atoms with van der Waals surface area (Å²) >= 11 is 0. The van der Waals surface area contributed by atoms with E-state index in [9.17, 15) is 8.42 Å². The molecule has 0 aromatic heterocycles. The van der Waals surface area contributed by atoms with E-state index in [0.717, 1.165) is 49.5 Å². The Morgan fingerprint density at radius 3 is 2.32 bits per heavy atom. The molecule has 3 aromatic carbocycles. The van der Waals surface area contributed by atoms with Crippen molar-refractivity contribution in [2.75, 3.05) is 26.7 Å². The van der Waals surface area contributed by atoms with E-state index in [1.807, 2.05) is 18.2 Å². The second kappa shape index (κ2) is 11.5. The maximum atomic E-state index is 13.1. The van der Waals surface area contributed by atoms with Crippen LogP contribution in [0.25, 0.3) is 0 Å². The van der Waals surface area contributed by atoms with Gasteiger partial charge in [0.2, 0.25) is 10.0 Å². The molecule has 6 nitrogen and oxygen atoms in total. The van der Waals surface area contributed by atoms with Gasteiger partial charge in [0, 0.05) is 37.5 Å². The van der Waals surface area contributed by atoms with Crippen molar-refractivity contribution in [3.05, 3.63) is 90.0 Å². The van der Waals surface area contributed by atoms with Gasteiger partial charge in [-0.2, -0.15) is 0 Å². The highest BCUT2D eigenvalue weighted by atomic mass is 32.2. The fourth-order valence-corrected chi connectivity index (χ4v) is 7.15. The van der Waals surface area contributed by atoms with Crippen LogP contribution in [0, 0.1) is 5.41 Å². The molecular formula is C31H38N2O4S. The topological polar surface area (TPSA) is 67.9 Å². The van der Waals surface area contributed by atoms with Crippen molar-refractivity contribution in [1.29, 1.82) is 0 Å². The lowest BCUT2D eigenvalue weighted by atomic mass is 9.76. The van der Waals surface area contributed by atoms with Gasteiger partial charge in [0.1, 0.15) is 0 Å². The Hall–Kier alpha value is -2.87. The predicted octanol–water partition coefficient (Wildman–Crippen LogP) is 5.60. The minimum absolute atomic E-state index is 0.113. The maximum absolute atomic E-state index is 13.1. The molecule has 5 rings (SSSR count). The Morgan fingerprint density at radius 2 is 1.63 bits per heavy atom. The number of hydrogen-bond acceptors (Lipinski definition) is 5. The lowest BCUT2D eigenvalue weighted by Crippen LogP contribution is -2.40. The van der Waals surface area contributed by atoms with Crippen molar-refractivity contribution in [3.8, 4) is 11.5 Å². The highest BCUT2D eigenvalue weighted by molar-refractivity contribution is 7.89. The number of hydrogen-bond donors (Lipinski definition) is 1. The third-order valence-electron chi connectivity index (χ3n) is 8.02. The molecule has 0 radical (unpaired) electrons. The first-order valence-corrected chi connectivity index (χ1v) is 15.0. The van der Waals surface area contributed by atoms with Crippen molar-refractivity contribution >= 4 is 10.0 Å². The maximum Gasteiger partial charge on any atom is 0.240 e. The van der Waals surface area contributed by atoms with Crippen LogP contribution in [-0.2, 0) is 16.6 Å². The van der Waals surface area contributed by atoms with Gasteiger partial charge in [-0.3, -0.25) is 4.90 Å². The number of nitrogens with one attached hydrogen (secondary N) is 1. The molecule has 0 amide bonds. The Bertz CT molecular complexity index is 1310. The molecule has 7 heteroatoms. The Balaban J connectivity index is 1.42. The van der Waals surface area contributed by atoms with Crippen LogP contribution in [0.3, 0.4) is 0 Å². The molecule has 2 atom stereocenters. The summed E-state index contributed by atoms with van der Waals surface area (Å²) in [5.74, 6) is 1.64. The second-order valence-electron chi connectivity index (χ2n) is 10.9. The highest BCUT2D eigenvalue weighted by Crippen LogP contribution is 2.45. The molecular weight excluding hydrogens is 496 g/mol. The summed E-state index contributed by atoms with van der Waals surface area (Å²) in [7, 11) is -1.94. The minimum Gasteiger partial charge on any atom is -0.493 e. The third kappa shape index (κ3) is 6.06. The van der Waals surface area contributed by atoms with Gasteiger partial charge in [-0.15, -0.1) is 0 Å². The third-order valence-corrected chi connectivity index (χ3v) is 9.44. The average molecular weight is 535 g/mol. The van der Waals surface area contributed by atoms with Crippen LogP contribution >= 0.6 is 0 Å². The number of benzene rings is 3. The first kappa shape index (κ1) is 26.7. The monoisotopic (exact) mass is 534 g/mol. The number of likely N-dealkylation sites (tertiary alicyclic amines) is 1. The first-order valence-electron chi connectivity index (χ1n) is 13.5. The fourth-order valence-electron chi connectivity index (χ4n) is 5.94. The standard InChI is InChI=1S/C31H38N2O4S/c1-31(22-32-38(34,35)27-15-7-4-8-16-27)23-33(20-24-11-5-3-6-12-24)21-28(31)25-17-18-29(36-2)30(19-25)37-26-13-9-10-14-26/h3-8,11-12,15-19,26,28,32H,9-10,13-14,20-23H2,1-2H3/t28-,31+/m0/s1. The summed E-state index contributed by atoms with van der Waals surface area (Å²) in [6, 6.07) is 25.3. The molecule has 2 aliphatic rings. The zero-order chi connectivity index (χ0) is 26.6. The van der Waals surface area contributed by atoms with Gasteiger partial charge in [0.05, 0.1) is 18.1 Å². The Morgan fingerprint density at radius 1 is 0.947 bits per heavy atom. The molecule has 0 spiro atoms. The molecule has 1 heterocycles. The molecule has 3 aromatic rings. The summed E-state index contributed by atoms with van der Waals surface area (Å²) in [4.78, 5) is 2.72. The van der Waals surface area contributed by atoms with Gasteiger partial charge in [-0.05, 0) is 61.1 Å². The van der Waals surface area contributed by atoms with E-state index >= 15 is 0 Å². The average Bonchev–Trinajstić information content (AvgIpc) is 3.56. The number of nitrogens with zero attached hydrogens (tertiary/aromatic N) is 1. The first-order chi connectivity index (χ1) is 18.4. The lowest BCUT2D eigenvalue weighted by molar-refractivity contribution is 0.200. The van der Waals surface area contributed by atoms with Gasteiger partial charge in [-0.25, -0.2) is 13.1 Å². The van der Waals surface area contributed by atoms with Gasteiger partial charge >= 0.3 is 0 Å². The molecule has 202 valence electrons. The molecule has 38 heavy (non-hydrogen) atoms. The quantitative estimate of drug-likeness (QED) is 0.367. The van der Waals surface area contributed by atoms with Gasteiger partial charge < -0.3 is 9.47 Å². The summed E-state index contributed by atoms with van der Waals surface area (Å²) in [5, 5.41) is 0. The van der Waals surface area contributed by atoms with E-state index in [0.29, 0.717) is 6.54 Å². The van der Waals surface area contributed by atoms with Crippen LogP contribution in [0.5, 0.6) is 11.5 Å². The number of sulfonamides is 1. The van der Waals surface area contributed by atoms with Crippen LogP contribution in [0.15, 0.2) is 83.8 Å². The van der Waals surface area contributed by atoms with E-state index in [1.165, 1.54) is 18.4 Å². The van der Waals surface area contributed by atoms with E-state index < -0.39 is 10.0 Å². The Kier molecular flexibility index (Phi) is 8.07. The molecule has 1 N–H and O–H groups in total. The van der Waals surface area contributed by atoms with Crippen LogP contribution in [0.1, 0.15) is 49.7 Å². The molecule has 2 fully saturated rings. The van der Waals surface area contributed by atoms with Gasteiger partial charge in [0.15, 0.2) is 11.5 Å². The van der Waals surface area contributed by atoms with Crippen LogP contribution in [-0.4, -0.2) is 46.2 Å². The molecule has 1 aliphatic heterocycles. The molecule has 1 saturated heterocycles. The number of ether oxygens (including phenoxy) is 2. The highest BCUT2D eigenvalue weighted by Gasteiger charge is 2.44. The van der Waals surface area contributed by atoms with Crippen molar-refractivity contribution in [1.82, 2.24) is 9.62 Å². The summed E-state index contributed by atoms with van der Waals surface area (Å²) in [5.41, 5.74) is 2.08. The molecule has 1 saturated carbocycles. The second-order valence-corrected chi connectivity index (χ2v) is 12.7. The lowest BCUT2D eigenvalue weighted by Gasteiger charge is -2.32. The summed E-state index contributed by atoms with van der Waals surface area (Å²) < 4.78 is 41.2. The van der Waals surface area contributed by atoms with Crippen LogP contribution in [0.2, 0.25) is 0 Å². The van der Waals surface area contributed by atoms with Crippen molar-refractivity contribution < 1.29 is 17.9 Å². The van der Waals surface area contributed by atoms with Crippen molar-refractivity contribution in [2.45, 2.75) is 56.1 Å². The van der Waals surface area contributed by atoms with Crippen LogP contribution < -0.4 is 14.2 Å². The molecule has 0 unspecified atom stereocenters. The SMILES string of the molecule is COc1ccc([C@@H]2CN(Cc3ccccc3)C[C@@]2(C)CNS(=O)(=O)c2ccccc2)cc1OC1CCCC1. The molecule has 1 aliphatic carbocycles. The zero-order valence-electron chi connectivity index (χ0n) is 22.3. The summed E-state index contributed by atoms with van der Waals surface area (Å²) in [6.07, 6.45) is 4.76. The van der Waals surface area contributed by atoms with Crippen molar-refractivity contribution in [2.24, 2.45) is 5.41 Å². The fraction of sp³-hybridized carbons (Fsp3) is 0.419. The normalized spacial score (nSPS) is 22.5. The minimum atomic E-state index is -3.62. The van der Waals surface area contributed by atoms with Gasteiger partial charge in [-0.1, -0.05) is 61.5 Å². The van der Waals surface area contributed by atoms with E-state index in [4.69, 9.17) is 9.47 Å². The van der Waals surface area contributed by atoms with Gasteiger partial charge in [0.25, 0.3) is 0 Å². The smallest absolute Gasteiger partial charge is 0.240 e. The Labute approximate surface area is 227 Å². The molecule has 0 bridgehead atoms.